The second-order valence-corrected chi connectivity index (χ2v) is 3.18. The smallest absolute Gasteiger partial charge is 0.139 e. The van der Waals surface area contributed by atoms with Crippen molar-refractivity contribution in [2.75, 3.05) is 0 Å². The largest absolute Gasteiger partial charge is 0.225 e. The Hall–Kier alpha value is -0.640. The molecule has 5 heteroatoms. The number of aliphatic imine (C=N–C) groups is 1. The number of aromatic nitrogens is 2. The Bertz CT molecular complexity index is 275. The molecule has 0 saturated heterocycles. The van der Waals surface area contributed by atoms with E-state index in [1.54, 1.807) is 11.3 Å². The summed E-state index contributed by atoms with van der Waals surface area (Å²) in [5, 5.41) is 12.1. The zero-order valence-electron chi connectivity index (χ0n) is 6.07. The maximum atomic E-state index is 4.43. The first-order valence-corrected chi connectivity index (χ1v) is 4.44. The van der Waals surface area contributed by atoms with Crippen LogP contribution in [0.4, 0.5) is 0 Å². The predicted molar refractivity (Wildman–Crippen MR) is 48.0 cm³/mol. The first-order chi connectivity index (χ1) is 5.36. The molecule has 58 valence electrons. The topological polar surface area (TPSA) is 38.1 Å². The van der Waals surface area contributed by atoms with Gasteiger partial charge < -0.3 is 0 Å². The summed E-state index contributed by atoms with van der Waals surface area (Å²) in [6, 6.07) is 0. The average molecular weight is 185 g/mol. The Kier molecular flexibility index (Phi) is 3.29. The van der Waals surface area contributed by atoms with Crippen LogP contribution in [0, 0.1) is 0 Å². The predicted octanol–water partition coefficient (Wildman–Crippen LogP) is 1.70. The molecule has 0 unspecified atom stereocenters. The molecule has 1 aromatic rings. The Morgan fingerprint density at radius 1 is 1.55 bits per heavy atom. The van der Waals surface area contributed by atoms with Gasteiger partial charge in [0.2, 0.25) is 0 Å². The Morgan fingerprint density at radius 2 is 2.27 bits per heavy atom. The van der Waals surface area contributed by atoms with E-state index in [1.807, 2.05) is 6.92 Å². The highest BCUT2D eigenvalue weighted by molar-refractivity contribution is 7.78. The number of isothiocyanates is 1. The number of rotatable bonds is 3. The lowest BCUT2D eigenvalue weighted by Gasteiger charge is -1.79. The number of hydrogen-bond acceptors (Lipinski definition) is 5. The van der Waals surface area contributed by atoms with Gasteiger partial charge in [0.25, 0.3) is 0 Å². The molecule has 0 bridgehead atoms. The molecule has 0 saturated carbocycles. The van der Waals surface area contributed by atoms with Gasteiger partial charge in [-0.1, -0.05) is 18.3 Å². The zero-order valence-corrected chi connectivity index (χ0v) is 7.71. The summed E-state index contributed by atoms with van der Waals surface area (Å²) in [5.41, 5.74) is 0. The lowest BCUT2D eigenvalue weighted by molar-refractivity contribution is 0.925. The summed E-state index contributed by atoms with van der Waals surface area (Å²) >= 11 is 6.00. The molecule has 3 nitrogen and oxygen atoms in total. The van der Waals surface area contributed by atoms with E-state index in [2.05, 4.69) is 32.6 Å². The van der Waals surface area contributed by atoms with Crippen molar-refractivity contribution in [3.63, 3.8) is 0 Å². The van der Waals surface area contributed by atoms with Crippen molar-refractivity contribution in [3.05, 3.63) is 10.0 Å². The van der Waals surface area contributed by atoms with Crippen molar-refractivity contribution in [2.45, 2.75) is 19.9 Å². The Balaban J connectivity index is 2.64. The lowest BCUT2D eigenvalue weighted by Crippen LogP contribution is -1.78. The molecule has 0 atom stereocenters. The molecule has 0 fully saturated rings. The fourth-order valence-electron chi connectivity index (χ4n) is 0.595. The van der Waals surface area contributed by atoms with Gasteiger partial charge in [-0.2, -0.15) is 0 Å². The van der Waals surface area contributed by atoms with Crippen LogP contribution in [0.2, 0.25) is 0 Å². The average Bonchev–Trinajstić information content (AvgIpc) is 2.48. The van der Waals surface area contributed by atoms with E-state index < -0.39 is 0 Å². The van der Waals surface area contributed by atoms with E-state index in [4.69, 9.17) is 0 Å². The van der Waals surface area contributed by atoms with Crippen LogP contribution in [-0.2, 0) is 13.0 Å². The zero-order chi connectivity index (χ0) is 8.10. The third-order valence-corrected chi connectivity index (χ3v) is 2.27. The van der Waals surface area contributed by atoms with Crippen LogP contribution in [0.3, 0.4) is 0 Å². The van der Waals surface area contributed by atoms with E-state index in [1.165, 1.54) is 0 Å². The monoisotopic (exact) mass is 185 g/mol. The van der Waals surface area contributed by atoms with Gasteiger partial charge in [-0.3, -0.25) is 0 Å². The second-order valence-electron chi connectivity index (χ2n) is 1.85. The van der Waals surface area contributed by atoms with E-state index in [0.29, 0.717) is 6.54 Å². The van der Waals surface area contributed by atoms with Crippen molar-refractivity contribution < 1.29 is 0 Å². The van der Waals surface area contributed by atoms with Crippen LogP contribution >= 0.6 is 23.6 Å². The van der Waals surface area contributed by atoms with Gasteiger partial charge in [-0.15, -0.1) is 10.2 Å². The van der Waals surface area contributed by atoms with Gasteiger partial charge in [0.15, 0.2) is 0 Å². The maximum Gasteiger partial charge on any atom is 0.139 e. The number of hydrogen-bond donors (Lipinski definition) is 0. The SMILES string of the molecule is CCc1nnc(CN=C=S)s1. The highest BCUT2D eigenvalue weighted by Crippen LogP contribution is 2.10. The minimum Gasteiger partial charge on any atom is -0.225 e. The highest BCUT2D eigenvalue weighted by Gasteiger charge is 1.99. The van der Waals surface area contributed by atoms with Gasteiger partial charge in [-0.05, 0) is 18.6 Å². The first kappa shape index (κ1) is 8.46. The molecule has 1 heterocycles. The maximum absolute atomic E-state index is 4.43. The van der Waals surface area contributed by atoms with Gasteiger partial charge >= 0.3 is 0 Å². The van der Waals surface area contributed by atoms with Crippen molar-refractivity contribution in [1.82, 2.24) is 10.2 Å². The van der Waals surface area contributed by atoms with Crippen LogP contribution < -0.4 is 0 Å². The molecule has 1 aromatic heterocycles. The molecule has 0 amide bonds. The molecule has 11 heavy (non-hydrogen) atoms. The molecule has 0 spiro atoms. The summed E-state index contributed by atoms with van der Waals surface area (Å²) in [6.07, 6.45) is 0.930. The summed E-state index contributed by atoms with van der Waals surface area (Å²) in [5.74, 6) is 0. The first-order valence-electron chi connectivity index (χ1n) is 3.21. The molecule has 0 radical (unpaired) electrons. The van der Waals surface area contributed by atoms with Crippen molar-refractivity contribution >= 4 is 28.7 Å². The van der Waals surface area contributed by atoms with E-state index >= 15 is 0 Å². The summed E-state index contributed by atoms with van der Waals surface area (Å²) in [4.78, 5) is 3.76. The van der Waals surface area contributed by atoms with Crippen LogP contribution in [-0.4, -0.2) is 15.4 Å². The van der Waals surface area contributed by atoms with E-state index in [0.717, 1.165) is 16.4 Å². The molecule has 0 N–H and O–H groups in total. The molecule has 0 aliphatic heterocycles. The van der Waals surface area contributed by atoms with E-state index in [9.17, 15) is 0 Å². The Morgan fingerprint density at radius 3 is 2.82 bits per heavy atom. The molecular weight excluding hydrogens is 178 g/mol. The lowest BCUT2D eigenvalue weighted by atomic mass is 10.5. The Labute approximate surface area is 74.2 Å². The van der Waals surface area contributed by atoms with Crippen LogP contribution in [0.5, 0.6) is 0 Å². The van der Waals surface area contributed by atoms with Crippen LogP contribution in [0.1, 0.15) is 16.9 Å². The number of thiocarbonyl (C=S) groups is 1. The van der Waals surface area contributed by atoms with Crippen LogP contribution in [0.25, 0.3) is 0 Å². The fourth-order valence-corrected chi connectivity index (χ4v) is 1.37. The highest BCUT2D eigenvalue weighted by atomic mass is 32.1. The van der Waals surface area contributed by atoms with Gasteiger partial charge in [0, 0.05) is 0 Å². The number of nitrogens with zero attached hydrogens (tertiary/aromatic N) is 3. The molecule has 0 aliphatic rings. The second kappa shape index (κ2) is 4.28. The summed E-state index contributed by atoms with van der Waals surface area (Å²) in [7, 11) is 0. The van der Waals surface area contributed by atoms with Gasteiger partial charge in [-0.25, -0.2) is 4.99 Å². The van der Waals surface area contributed by atoms with Crippen LogP contribution in [0.15, 0.2) is 4.99 Å². The molecular formula is C6H7N3S2. The molecule has 0 aromatic carbocycles. The standard InChI is InChI=1S/C6H7N3S2/c1-2-5-8-9-6(11-5)3-7-4-10/h2-3H2,1H3. The summed E-state index contributed by atoms with van der Waals surface area (Å²) < 4.78 is 0. The fraction of sp³-hybridized carbons (Fsp3) is 0.500. The minimum atomic E-state index is 0.515. The summed E-state index contributed by atoms with van der Waals surface area (Å²) in [6.45, 7) is 2.56. The van der Waals surface area contributed by atoms with Crippen molar-refractivity contribution in [1.29, 1.82) is 0 Å². The van der Waals surface area contributed by atoms with Crippen molar-refractivity contribution in [2.24, 2.45) is 4.99 Å². The number of aryl methyl sites for hydroxylation is 1. The van der Waals surface area contributed by atoms with Crippen molar-refractivity contribution in [3.8, 4) is 0 Å². The third-order valence-electron chi connectivity index (χ3n) is 1.09. The minimum absolute atomic E-state index is 0.515. The molecule has 0 aliphatic carbocycles. The van der Waals surface area contributed by atoms with E-state index in [-0.39, 0.29) is 0 Å². The third kappa shape index (κ3) is 2.46. The quantitative estimate of drug-likeness (QED) is 0.531. The molecule has 1 rings (SSSR count). The van der Waals surface area contributed by atoms with Gasteiger partial charge in [0.1, 0.15) is 16.6 Å². The van der Waals surface area contributed by atoms with Gasteiger partial charge in [0.05, 0.1) is 5.16 Å². The normalized spacial score (nSPS) is 9.18.